The third kappa shape index (κ3) is 3.17. The van der Waals surface area contributed by atoms with E-state index in [9.17, 15) is 8.78 Å². The molecule has 0 saturated carbocycles. The highest BCUT2D eigenvalue weighted by Gasteiger charge is 2.25. The van der Waals surface area contributed by atoms with Gasteiger partial charge in [0.05, 0.1) is 5.71 Å². The molecule has 0 saturated heterocycles. The van der Waals surface area contributed by atoms with Crippen LogP contribution in [0.25, 0.3) is 0 Å². The van der Waals surface area contributed by atoms with Gasteiger partial charge in [-0.05, 0) is 13.5 Å². The lowest BCUT2D eigenvalue weighted by Gasteiger charge is -2.07. The summed E-state index contributed by atoms with van der Waals surface area (Å²) in [6.45, 7) is 4.77. The van der Waals surface area contributed by atoms with E-state index in [2.05, 4.69) is 11.6 Å². The van der Waals surface area contributed by atoms with Crippen LogP contribution in [-0.2, 0) is 0 Å². The molecule has 0 unspecified atom stereocenters. The van der Waals surface area contributed by atoms with E-state index in [4.69, 9.17) is 5.11 Å². The summed E-state index contributed by atoms with van der Waals surface area (Å²) < 4.78 is 24.4. The van der Waals surface area contributed by atoms with Crippen LogP contribution in [0.3, 0.4) is 0 Å². The van der Waals surface area contributed by atoms with E-state index in [0.717, 1.165) is 6.92 Å². The van der Waals surface area contributed by atoms with Crippen molar-refractivity contribution < 1.29 is 13.9 Å². The van der Waals surface area contributed by atoms with Crippen LogP contribution in [0.4, 0.5) is 8.78 Å². The highest BCUT2D eigenvalue weighted by Crippen LogP contribution is 2.14. The van der Waals surface area contributed by atoms with Crippen molar-refractivity contribution in [1.29, 1.82) is 0 Å². The number of alkyl halides is 2. The van der Waals surface area contributed by atoms with Gasteiger partial charge in [-0.2, -0.15) is 0 Å². The molecule has 10 heavy (non-hydrogen) atoms. The molecule has 0 aromatic rings. The van der Waals surface area contributed by atoms with E-state index >= 15 is 0 Å². The first-order valence-electron chi connectivity index (χ1n) is 2.65. The van der Waals surface area contributed by atoms with Gasteiger partial charge in [0.25, 0.3) is 5.92 Å². The largest absolute Gasteiger partial charge is 0.494 e. The van der Waals surface area contributed by atoms with Gasteiger partial charge in [0.2, 0.25) is 5.88 Å². The van der Waals surface area contributed by atoms with E-state index < -0.39 is 17.5 Å². The molecule has 0 aliphatic rings. The summed E-state index contributed by atoms with van der Waals surface area (Å²) in [5, 5.41) is 8.37. The molecular weight excluding hydrogens is 140 g/mol. The molecule has 58 valence electrons. The summed E-state index contributed by atoms with van der Waals surface area (Å²) in [6, 6.07) is 0. The fourth-order valence-electron chi connectivity index (χ4n) is 0.292. The SMILES string of the molecule is C=C(O)/N=C(\C)C(C)(F)F. The maximum Gasteiger partial charge on any atom is 0.283 e. The summed E-state index contributed by atoms with van der Waals surface area (Å²) >= 11 is 0. The number of aliphatic imine (C=N–C) groups is 1. The Hall–Kier alpha value is -0.930. The van der Waals surface area contributed by atoms with E-state index in [1.807, 2.05) is 0 Å². The normalized spacial score (nSPS) is 13.4. The summed E-state index contributed by atoms with van der Waals surface area (Å²) in [4.78, 5) is 3.08. The maximum absolute atomic E-state index is 12.2. The summed E-state index contributed by atoms with van der Waals surface area (Å²) in [6.07, 6.45) is 0. The van der Waals surface area contributed by atoms with Gasteiger partial charge in [-0.25, -0.2) is 13.8 Å². The Labute approximate surface area is 57.9 Å². The number of aliphatic hydroxyl groups excluding tert-OH is 1. The third-order valence-electron chi connectivity index (χ3n) is 0.932. The summed E-state index contributed by atoms with van der Waals surface area (Å²) in [7, 11) is 0. The molecule has 1 N–H and O–H groups in total. The molecule has 0 spiro atoms. The molecule has 0 bridgehead atoms. The van der Waals surface area contributed by atoms with Crippen LogP contribution < -0.4 is 0 Å². The molecule has 0 aromatic carbocycles. The molecule has 0 atom stereocenters. The monoisotopic (exact) mass is 149 g/mol. The van der Waals surface area contributed by atoms with Crippen LogP contribution >= 0.6 is 0 Å². The topological polar surface area (TPSA) is 32.6 Å². The predicted molar refractivity (Wildman–Crippen MR) is 35.5 cm³/mol. The van der Waals surface area contributed by atoms with Crippen molar-refractivity contribution in [2.75, 3.05) is 0 Å². The van der Waals surface area contributed by atoms with Crippen LogP contribution in [0.5, 0.6) is 0 Å². The summed E-state index contributed by atoms with van der Waals surface area (Å²) in [5.74, 6) is -3.58. The number of halogens is 2. The molecule has 2 nitrogen and oxygen atoms in total. The molecule has 4 heteroatoms. The zero-order valence-corrected chi connectivity index (χ0v) is 5.86. The lowest BCUT2D eigenvalue weighted by atomic mass is 10.2. The van der Waals surface area contributed by atoms with Crippen molar-refractivity contribution in [2.45, 2.75) is 19.8 Å². The van der Waals surface area contributed by atoms with Crippen molar-refractivity contribution in [3.8, 4) is 0 Å². The molecule has 0 rings (SSSR count). The van der Waals surface area contributed by atoms with Crippen LogP contribution in [-0.4, -0.2) is 16.7 Å². The van der Waals surface area contributed by atoms with Gasteiger partial charge in [0, 0.05) is 6.92 Å². The lowest BCUT2D eigenvalue weighted by Crippen LogP contribution is -2.21. The second-order valence-corrected chi connectivity index (χ2v) is 2.00. The molecule has 0 aromatic heterocycles. The smallest absolute Gasteiger partial charge is 0.283 e. The van der Waals surface area contributed by atoms with E-state index in [0.29, 0.717) is 6.92 Å². The van der Waals surface area contributed by atoms with E-state index in [1.165, 1.54) is 0 Å². The number of hydrogen-bond acceptors (Lipinski definition) is 2. The Morgan fingerprint density at radius 2 is 2.00 bits per heavy atom. The zero-order valence-electron chi connectivity index (χ0n) is 5.86. The number of aliphatic hydroxyl groups is 1. The van der Waals surface area contributed by atoms with Crippen molar-refractivity contribution in [3.05, 3.63) is 12.5 Å². The lowest BCUT2D eigenvalue weighted by molar-refractivity contribution is 0.0992. The molecular formula is C6H9F2NO. The average molecular weight is 149 g/mol. The Balaban J connectivity index is 4.35. The van der Waals surface area contributed by atoms with Crippen LogP contribution in [0.1, 0.15) is 13.8 Å². The fourth-order valence-corrected chi connectivity index (χ4v) is 0.292. The maximum atomic E-state index is 12.2. The first-order valence-corrected chi connectivity index (χ1v) is 2.65. The van der Waals surface area contributed by atoms with Crippen molar-refractivity contribution in [2.24, 2.45) is 4.99 Å². The van der Waals surface area contributed by atoms with Crippen LogP contribution in [0.15, 0.2) is 17.5 Å². The molecule has 0 aliphatic heterocycles. The standard InChI is InChI=1S/C6H9F2NO/c1-4(6(3,7)8)9-5(2)10/h10H,2H2,1,3H3/b9-4+. The molecule has 0 heterocycles. The molecule has 0 aliphatic carbocycles. The van der Waals surface area contributed by atoms with Crippen molar-refractivity contribution in [3.63, 3.8) is 0 Å². The highest BCUT2D eigenvalue weighted by molar-refractivity contribution is 5.88. The quantitative estimate of drug-likeness (QED) is 0.473. The summed E-state index contributed by atoms with van der Waals surface area (Å²) in [5.41, 5.74) is -0.444. The van der Waals surface area contributed by atoms with Gasteiger partial charge in [0.1, 0.15) is 0 Å². The Morgan fingerprint density at radius 1 is 1.60 bits per heavy atom. The van der Waals surface area contributed by atoms with Crippen LogP contribution in [0, 0.1) is 0 Å². The second kappa shape index (κ2) is 2.77. The number of hydrogen-bond donors (Lipinski definition) is 1. The molecule has 0 radical (unpaired) electrons. The second-order valence-electron chi connectivity index (χ2n) is 2.00. The average Bonchev–Trinajstić information content (AvgIpc) is 1.60. The zero-order chi connectivity index (χ0) is 8.36. The predicted octanol–water partition coefficient (Wildman–Crippen LogP) is 2.13. The number of nitrogens with zero attached hydrogens (tertiary/aromatic N) is 1. The Morgan fingerprint density at radius 3 is 2.10 bits per heavy atom. The van der Waals surface area contributed by atoms with Gasteiger partial charge < -0.3 is 5.11 Å². The number of rotatable bonds is 2. The minimum Gasteiger partial charge on any atom is -0.494 e. The first kappa shape index (κ1) is 9.07. The first-order chi connectivity index (χ1) is 4.34. The van der Waals surface area contributed by atoms with Crippen LogP contribution in [0.2, 0.25) is 0 Å². The van der Waals surface area contributed by atoms with Crippen molar-refractivity contribution in [1.82, 2.24) is 0 Å². The van der Waals surface area contributed by atoms with Gasteiger partial charge in [-0.15, -0.1) is 0 Å². The molecule has 0 fully saturated rings. The Kier molecular flexibility index (Phi) is 2.51. The minimum absolute atomic E-state index is 0.444. The van der Waals surface area contributed by atoms with Crippen molar-refractivity contribution >= 4 is 5.71 Å². The third-order valence-corrected chi connectivity index (χ3v) is 0.932. The minimum atomic E-state index is -2.98. The Bertz CT molecular complexity index is 169. The highest BCUT2D eigenvalue weighted by atomic mass is 19.3. The van der Waals surface area contributed by atoms with Gasteiger partial charge >= 0.3 is 0 Å². The fraction of sp³-hybridized carbons (Fsp3) is 0.500. The van der Waals surface area contributed by atoms with Gasteiger partial charge in [0.15, 0.2) is 0 Å². The van der Waals surface area contributed by atoms with E-state index in [1.54, 1.807) is 0 Å². The van der Waals surface area contributed by atoms with Gasteiger partial charge in [-0.3, -0.25) is 0 Å². The van der Waals surface area contributed by atoms with Gasteiger partial charge in [-0.1, -0.05) is 0 Å². The van der Waals surface area contributed by atoms with E-state index in [-0.39, 0.29) is 0 Å². The molecule has 0 amide bonds.